The molecule has 180 valence electrons. The van der Waals surface area contributed by atoms with Crippen LogP contribution in [0.5, 0.6) is 0 Å². The minimum absolute atomic E-state index is 0.0374. The van der Waals surface area contributed by atoms with Crippen molar-refractivity contribution < 1.29 is 26.8 Å². The Morgan fingerprint density at radius 1 is 0.970 bits per heavy atom. The Morgan fingerprint density at radius 2 is 1.48 bits per heavy atom. The summed E-state index contributed by atoms with van der Waals surface area (Å²) in [6.45, 7) is 1.06. The van der Waals surface area contributed by atoms with Gasteiger partial charge in [-0.3, -0.25) is 9.59 Å². The maximum atomic E-state index is 13.4. The zero-order valence-electron chi connectivity index (χ0n) is 19.0. The molecule has 11 heteroatoms. The van der Waals surface area contributed by atoms with E-state index < -0.39 is 46.2 Å². The molecule has 8 nitrogen and oxygen atoms in total. The van der Waals surface area contributed by atoms with E-state index >= 15 is 0 Å². The molecule has 0 heterocycles. The highest BCUT2D eigenvalue weighted by Crippen LogP contribution is 2.21. The Bertz CT molecular complexity index is 1060. The second-order valence-corrected chi connectivity index (χ2v) is 9.53. The van der Waals surface area contributed by atoms with Crippen molar-refractivity contribution in [1.29, 1.82) is 0 Å². The first-order valence-electron chi connectivity index (χ1n) is 10.2. The number of halogens is 2. The van der Waals surface area contributed by atoms with E-state index in [0.717, 1.165) is 20.7 Å². The van der Waals surface area contributed by atoms with Crippen molar-refractivity contribution >= 4 is 27.7 Å². The lowest BCUT2D eigenvalue weighted by atomic mass is 10.1. The number of nitrogens with one attached hydrogen (secondary N) is 1. The molecule has 0 aliphatic carbocycles. The molecule has 0 spiro atoms. The van der Waals surface area contributed by atoms with Crippen LogP contribution in [-0.2, 0) is 26.3 Å². The molecule has 0 unspecified atom stereocenters. The van der Waals surface area contributed by atoms with Gasteiger partial charge in [-0.1, -0.05) is 19.1 Å². The normalized spacial score (nSPS) is 12.3. The van der Waals surface area contributed by atoms with Crippen LogP contribution in [0.2, 0.25) is 0 Å². The number of hydrogen-bond acceptors (Lipinski definition) is 4. The number of likely N-dealkylation sites (N-methyl/N-ethyl adjacent to an activating group) is 1. The molecular formula is C22H28F2N4O4S. The topological polar surface area (TPSA) is 90.0 Å². The van der Waals surface area contributed by atoms with Crippen molar-refractivity contribution in [1.82, 2.24) is 14.5 Å². The average molecular weight is 483 g/mol. The molecule has 0 saturated carbocycles. The number of anilines is 1. The van der Waals surface area contributed by atoms with Crippen LogP contribution in [0.4, 0.5) is 14.5 Å². The van der Waals surface area contributed by atoms with Gasteiger partial charge in [0.05, 0.1) is 5.69 Å². The molecule has 33 heavy (non-hydrogen) atoms. The van der Waals surface area contributed by atoms with E-state index in [1.807, 2.05) is 0 Å². The van der Waals surface area contributed by atoms with Gasteiger partial charge in [0.15, 0.2) is 0 Å². The van der Waals surface area contributed by atoms with Crippen LogP contribution < -0.4 is 9.62 Å². The Kier molecular flexibility index (Phi) is 8.89. The zero-order chi connectivity index (χ0) is 24.8. The summed E-state index contributed by atoms with van der Waals surface area (Å²) in [4.78, 5) is 27.2. The number of carbonyl (C=O) groups excluding carboxylic acids is 2. The molecule has 0 bridgehead atoms. The van der Waals surface area contributed by atoms with Gasteiger partial charge in [0.25, 0.3) is 0 Å². The van der Waals surface area contributed by atoms with Gasteiger partial charge in [-0.15, -0.1) is 0 Å². The smallest absolute Gasteiger partial charge is 0.304 e. The standard InChI is InChI=1S/C22H28F2N4O4S/c1-5-20(22(30)25-2)27(14-16-6-8-17(23)9-7-16)21(29)15-28(33(31,32)26(3)4)19-12-10-18(24)11-13-19/h6-13,20H,5,14-15H2,1-4H3,(H,25,30)/t20-/m0/s1. The number of nitrogens with zero attached hydrogens (tertiary/aromatic N) is 3. The zero-order valence-corrected chi connectivity index (χ0v) is 19.8. The van der Waals surface area contributed by atoms with Crippen LogP contribution in [0.15, 0.2) is 48.5 Å². The lowest BCUT2D eigenvalue weighted by molar-refractivity contribution is -0.140. The molecule has 0 aliphatic rings. The third kappa shape index (κ3) is 6.48. The first-order chi connectivity index (χ1) is 15.5. The number of rotatable bonds is 10. The van der Waals surface area contributed by atoms with E-state index in [1.54, 1.807) is 6.92 Å². The predicted octanol–water partition coefficient (Wildman–Crippen LogP) is 2.13. The second-order valence-electron chi connectivity index (χ2n) is 7.46. The Hall–Kier alpha value is -3.05. The molecule has 0 saturated heterocycles. The maximum absolute atomic E-state index is 13.4. The first kappa shape index (κ1) is 26.2. The average Bonchev–Trinajstić information content (AvgIpc) is 2.78. The minimum atomic E-state index is -4.12. The molecule has 2 aromatic carbocycles. The summed E-state index contributed by atoms with van der Waals surface area (Å²) in [5, 5.41) is 2.51. The van der Waals surface area contributed by atoms with Gasteiger partial charge >= 0.3 is 10.2 Å². The number of benzene rings is 2. The summed E-state index contributed by atoms with van der Waals surface area (Å²) in [6.07, 6.45) is 0.267. The van der Waals surface area contributed by atoms with E-state index in [1.165, 1.54) is 62.4 Å². The van der Waals surface area contributed by atoms with Crippen molar-refractivity contribution in [3.8, 4) is 0 Å². The molecule has 2 amide bonds. The largest absolute Gasteiger partial charge is 0.357 e. The Balaban J connectivity index is 2.47. The van der Waals surface area contributed by atoms with E-state index in [4.69, 9.17) is 0 Å². The van der Waals surface area contributed by atoms with E-state index in [2.05, 4.69) is 5.32 Å². The predicted molar refractivity (Wildman–Crippen MR) is 121 cm³/mol. The lowest BCUT2D eigenvalue weighted by Gasteiger charge is -2.33. The molecule has 0 fully saturated rings. The van der Waals surface area contributed by atoms with Crippen molar-refractivity contribution in [2.75, 3.05) is 32.0 Å². The summed E-state index contributed by atoms with van der Waals surface area (Å²) in [6, 6.07) is 9.25. The van der Waals surface area contributed by atoms with Gasteiger partial charge in [-0.25, -0.2) is 13.1 Å². The van der Waals surface area contributed by atoms with Gasteiger partial charge in [0.2, 0.25) is 11.8 Å². The van der Waals surface area contributed by atoms with Gasteiger partial charge in [0.1, 0.15) is 24.2 Å². The van der Waals surface area contributed by atoms with Gasteiger partial charge in [0, 0.05) is 27.7 Å². The van der Waals surface area contributed by atoms with Crippen LogP contribution in [0.1, 0.15) is 18.9 Å². The fourth-order valence-corrected chi connectivity index (χ4v) is 4.25. The Morgan fingerprint density at radius 3 is 1.94 bits per heavy atom. The van der Waals surface area contributed by atoms with Gasteiger partial charge in [-0.05, 0) is 48.4 Å². The molecule has 2 rings (SSSR count). The molecular weight excluding hydrogens is 454 g/mol. The summed E-state index contributed by atoms with van der Waals surface area (Å²) < 4.78 is 54.5. The highest BCUT2D eigenvalue weighted by molar-refractivity contribution is 7.90. The lowest BCUT2D eigenvalue weighted by Crippen LogP contribution is -2.52. The molecule has 0 aromatic heterocycles. The van der Waals surface area contributed by atoms with E-state index in [-0.39, 0.29) is 18.7 Å². The fourth-order valence-electron chi connectivity index (χ4n) is 3.20. The molecule has 1 N–H and O–H groups in total. The molecule has 2 aromatic rings. The van der Waals surface area contributed by atoms with Crippen molar-refractivity contribution in [3.63, 3.8) is 0 Å². The van der Waals surface area contributed by atoms with Gasteiger partial charge < -0.3 is 10.2 Å². The van der Waals surface area contributed by atoms with Crippen molar-refractivity contribution in [2.24, 2.45) is 0 Å². The highest BCUT2D eigenvalue weighted by Gasteiger charge is 2.33. The second kappa shape index (κ2) is 11.2. The number of carbonyl (C=O) groups is 2. The van der Waals surface area contributed by atoms with E-state index in [0.29, 0.717) is 5.56 Å². The van der Waals surface area contributed by atoms with Crippen LogP contribution in [0, 0.1) is 11.6 Å². The third-order valence-corrected chi connectivity index (χ3v) is 6.85. The molecule has 0 radical (unpaired) electrons. The summed E-state index contributed by atoms with van der Waals surface area (Å²) in [5.74, 6) is -2.08. The van der Waals surface area contributed by atoms with Crippen LogP contribution >= 0.6 is 0 Å². The third-order valence-electron chi connectivity index (χ3n) is 5.03. The van der Waals surface area contributed by atoms with Crippen LogP contribution in [0.3, 0.4) is 0 Å². The first-order valence-corrected chi connectivity index (χ1v) is 11.6. The van der Waals surface area contributed by atoms with Crippen molar-refractivity contribution in [2.45, 2.75) is 25.9 Å². The number of hydrogen-bond donors (Lipinski definition) is 1. The molecule has 1 atom stereocenters. The maximum Gasteiger partial charge on any atom is 0.304 e. The van der Waals surface area contributed by atoms with Gasteiger partial charge in [-0.2, -0.15) is 12.7 Å². The quantitative estimate of drug-likeness (QED) is 0.562. The monoisotopic (exact) mass is 482 g/mol. The highest BCUT2D eigenvalue weighted by atomic mass is 32.2. The minimum Gasteiger partial charge on any atom is -0.357 e. The summed E-state index contributed by atoms with van der Waals surface area (Å²) in [5.41, 5.74) is 0.657. The fraction of sp³-hybridized carbons (Fsp3) is 0.364. The SMILES string of the molecule is CC[C@@H](C(=O)NC)N(Cc1ccc(F)cc1)C(=O)CN(c1ccc(F)cc1)S(=O)(=O)N(C)C. The van der Waals surface area contributed by atoms with E-state index in [9.17, 15) is 26.8 Å². The Labute approximate surface area is 193 Å². The molecule has 0 aliphatic heterocycles. The number of amides is 2. The van der Waals surface area contributed by atoms with Crippen LogP contribution in [0.25, 0.3) is 0 Å². The summed E-state index contributed by atoms with van der Waals surface area (Å²) in [7, 11) is -0.0632. The van der Waals surface area contributed by atoms with Crippen molar-refractivity contribution in [3.05, 3.63) is 65.7 Å². The van der Waals surface area contributed by atoms with Crippen LogP contribution in [-0.4, -0.2) is 63.2 Å². The summed E-state index contributed by atoms with van der Waals surface area (Å²) >= 11 is 0.